The van der Waals surface area contributed by atoms with Gasteiger partial charge in [-0.25, -0.2) is 0 Å². The van der Waals surface area contributed by atoms with Gasteiger partial charge in [-0.1, -0.05) is 12.1 Å². The van der Waals surface area contributed by atoms with Gasteiger partial charge in [0.1, 0.15) is 0 Å². The fourth-order valence-electron chi connectivity index (χ4n) is 5.84. The Hall–Kier alpha value is -3.14. The Morgan fingerprint density at radius 1 is 0.677 bits per heavy atom. The van der Waals surface area contributed by atoms with Crippen LogP contribution in [0, 0.1) is 0 Å². The molecule has 0 radical (unpaired) electrons. The number of ketones is 2. The van der Waals surface area contributed by atoms with Crippen LogP contribution in [0.2, 0.25) is 0 Å². The molecule has 0 N–H and O–H groups in total. The summed E-state index contributed by atoms with van der Waals surface area (Å²) in [4.78, 5) is 25.3. The highest BCUT2D eigenvalue weighted by molar-refractivity contribution is 6.11. The summed E-state index contributed by atoms with van der Waals surface area (Å²) in [6, 6.07) is 13.1. The number of rotatable bonds is 2. The van der Waals surface area contributed by atoms with E-state index in [9.17, 15) is 9.59 Å². The molecule has 0 saturated heterocycles. The minimum atomic E-state index is 0.278. The van der Waals surface area contributed by atoms with E-state index in [4.69, 9.17) is 0 Å². The van der Waals surface area contributed by atoms with E-state index in [1.165, 1.54) is 22.5 Å². The summed E-state index contributed by atoms with van der Waals surface area (Å²) in [6.45, 7) is 0. The minimum Gasteiger partial charge on any atom is -0.347 e. The number of hydrogen-bond donors (Lipinski definition) is 0. The molecule has 4 nitrogen and oxygen atoms in total. The van der Waals surface area contributed by atoms with E-state index in [-0.39, 0.29) is 11.6 Å². The van der Waals surface area contributed by atoms with E-state index >= 15 is 0 Å². The predicted molar refractivity (Wildman–Crippen MR) is 123 cm³/mol. The first-order chi connectivity index (χ1) is 15.0. The van der Waals surface area contributed by atoms with Crippen LogP contribution in [0.15, 0.2) is 36.4 Å². The quantitative estimate of drug-likeness (QED) is 0.450. The monoisotopic (exact) mass is 410 g/mol. The number of hydrogen-bond acceptors (Lipinski definition) is 2. The third kappa shape index (κ3) is 2.67. The van der Waals surface area contributed by atoms with Crippen molar-refractivity contribution in [1.82, 2.24) is 9.13 Å². The highest BCUT2D eigenvalue weighted by Crippen LogP contribution is 2.34. The maximum Gasteiger partial charge on any atom is 0.165 e. The maximum absolute atomic E-state index is 12.7. The minimum absolute atomic E-state index is 0.278. The highest BCUT2D eigenvalue weighted by atomic mass is 16.1. The van der Waals surface area contributed by atoms with Crippen molar-refractivity contribution in [2.75, 3.05) is 0 Å². The van der Waals surface area contributed by atoms with Gasteiger partial charge in [-0.3, -0.25) is 9.59 Å². The van der Waals surface area contributed by atoms with E-state index < -0.39 is 0 Å². The Morgan fingerprint density at radius 2 is 1.13 bits per heavy atom. The molecule has 4 aromatic rings. The van der Waals surface area contributed by atoms with Crippen molar-refractivity contribution in [2.24, 2.45) is 14.1 Å². The zero-order chi connectivity index (χ0) is 21.3. The summed E-state index contributed by atoms with van der Waals surface area (Å²) < 4.78 is 4.39. The maximum atomic E-state index is 12.7. The van der Waals surface area contributed by atoms with Crippen LogP contribution in [0.5, 0.6) is 0 Å². The van der Waals surface area contributed by atoms with Crippen LogP contribution in [-0.2, 0) is 33.4 Å². The molecule has 2 aliphatic rings. The second kappa shape index (κ2) is 6.68. The van der Waals surface area contributed by atoms with E-state index in [0.29, 0.717) is 12.8 Å². The van der Waals surface area contributed by atoms with Gasteiger partial charge in [0.15, 0.2) is 11.6 Å². The number of carbonyl (C=O) groups is 2. The molecule has 2 aromatic carbocycles. The number of aromatic nitrogens is 2. The predicted octanol–water partition coefficient (Wildman–Crippen LogP) is 5.30. The molecular weight excluding hydrogens is 384 g/mol. The Kier molecular flexibility index (Phi) is 4.01. The first-order valence-corrected chi connectivity index (χ1v) is 11.3. The van der Waals surface area contributed by atoms with Gasteiger partial charge in [0.2, 0.25) is 0 Å². The molecule has 6 rings (SSSR count). The molecule has 2 heterocycles. The van der Waals surface area contributed by atoms with Crippen molar-refractivity contribution in [3.05, 3.63) is 70.0 Å². The average molecular weight is 411 g/mol. The summed E-state index contributed by atoms with van der Waals surface area (Å²) >= 11 is 0. The molecule has 0 spiro atoms. The fourth-order valence-corrected chi connectivity index (χ4v) is 5.84. The SMILES string of the molecule is Cn1c2c(c3cc(Cc4ccc5c(c4)c4c(n5C)CCCC4=O)ccc31)C(=O)CCC2. The molecular formula is C27H26N2O2. The number of aryl methyl sites for hydroxylation is 2. The van der Waals surface area contributed by atoms with Crippen molar-refractivity contribution < 1.29 is 9.59 Å². The second-order valence-electron chi connectivity index (χ2n) is 9.19. The first kappa shape index (κ1) is 18.6. The molecule has 0 amide bonds. The van der Waals surface area contributed by atoms with Crippen molar-refractivity contribution in [3.8, 4) is 0 Å². The lowest BCUT2D eigenvalue weighted by molar-refractivity contribution is 0.0965. The highest BCUT2D eigenvalue weighted by Gasteiger charge is 2.26. The van der Waals surface area contributed by atoms with Gasteiger partial charge in [-0.15, -0.1) is 0 Å². The summed E-state index contributed by atoms with van der Waals surface area (Å²) in [6.07, 6.45) is 5.95. The summed E-state index contributed by atoms with van der Waals surface area (Å²) in [5.41, 5.74) is 8.92. The normalized spacial score (nSPS) is 16.2. The van der Waals surface area contributed by atoms with Crippen LogP contribution in [0.25, 0.3) is 21.8 Å². The molecule has 0 saturated carbocycles. The Balaban J connectivity index is 1.44. The van der Waals surface area contributed by atoms with Gasteiger partial charge in [-0.2, -0.15) is 0 Å². The Bertz CT molecular complexity index is 1310. The smallest absolute Gasteiger partial charge is 0.165 e. The lowest BCUT2D eigenvalue weighted by Crippen LogP contribution is -2.11. The zero-order valence-corrected chi connectivity index (χ0v) is 18.1. The lowest BCUT2D eigenvalue weighted by Gasteiger charge is -2.12. The molecule has 31 heavy (non-hydrogen) atoms. The van der Waals surface area contributed by atoms with E-state index in [0.717, 1.165) is 65.0 Å². The number of fused-ring (bicyclic) bond motifs is 6. The Morgan fingerprint density at radius 3 is 1.58 bits per heavy atom. The number of nitrogens with zero attached hydrogens (tertiary/aromatic N) is 2. The molecule has 0 fully saturated rings. The zero-order valence-electron chi connectivity index (χ0n) is 18.1. The van der Waals surface area contributed by atoms with Crippen LogP contribution in [0.4, 0.5) is 0 Å². The van der Waals surface area contributed by atoms with Gasteiger partial charge >= 0.3 is 0 Å². The molecule has 0 atom stereocenters. The molecule has 0 aliphatic heterocycles. The number of benzene rings is 2. The largest absolute Gasteiger partial charge is 0.347 e. The van der Waals surface area contributed by atoms with Crippen LogP contribution < -0.4 is 0 Å². The van der Waals surface area contributed by atoms with Crippen LogP contribution in [0.3, 0.4) is 0 Å². The van der Waals surface area contributed by atoms with Crippen molar-refractivity contribution in [3.63, 3.8) is 0 Å². The van der Waals surface area contributed by atoms with Gasteiger partial charge < -0.3 is 9.13 Å². The van der Waals surface area contributed by atoms with Crippen molar-refractivity contribution in [2.45, 2.75) is 44.9 Å². The number of Topliss-reactive ketones (excluding diaryl/α,β-unsaturated/α-hetero) is 2. The average Bonchev–Trinajstić information content (AvgIpc) is 3.21. The topological polar surface area (TPSA) is 44.0 Å². The molecule has 156 valence electrons. The third-order valence-corrected chi connectivity index (χ3v) is 7.37. The standard InChI is InChI=1S/C27H26N2O2/c1-28-20-11-9-16(14-18(20)26-22(28)5-3-7-24(26)30)13-17-10-12-21-19(15-17)27-23(29(21)2)6-4-8-25(27)31/h9-12,14-15H,3-8,13H2,1-2H3. The fraction of sp³-hybridized carbons (Fsp3) is 0.333. The summed E-state index contributed by atoms with van der Waals surface area (Å²) in [5.74, 6) is 0.555. The lowest BCUT2D eigenvalue weighted by atomic mass is 9.92. The second-order valence-corrected chi connectivity index (χ2v) is 9.19. The van der Waals surface area contributed by atoms with Crippen molar-refractivity contribution >= 4 is 33.4 Å². The molecule has 2 aliphatic carbocycles. The summed E-state index contributed by atoms with van der Waals surface area (Å²) in [5, 5.41) is 2.18. The first-order valence-electron chi connectivity index (χ1n) is 11.3. The van der Waals surface area contributed by atoms with Gasteiger partial charge in [-0.05, 0) is 67.5 Å². The number of carbonyl (C=O) groups excluding carboxylic acids is 2. The van der Waals surface area contributed by atoms with Crippen LogP contribution >= 0.6 is 0 Å². The van der Waals surface area contributed by atoms with Crippen molar-refractivity contribution in [1.29, 1.82) is 0 Å². The molecule has 0 unspecified atom stereocenters. The molecule has 4 heteroatoms. The van der Waals surface area contributed by atoms with E-state index in [1.807, 2.05) is 0 Å². The van der Waals surface area contributed by atoms with Crippen LogP contribution in [-0.4, -0.2) is 20.7 Å². The Labute approximate surface area is 181 Å². The van der Waals surface area contributed by atoms with Crippen LogP contribution in [0.1, 0.15) is 68.9 Å². The molecule has 0 bridgehead atoms. The van der Waals surface area contributed by atoms with Gasteiger partial charge in [0.05, 0.1) is 0 Å². The van der Waals surface area contributed by atoms with Gasteiger partial charge in [0, 0.05) is 71.3 Å². The molecule has 2 aromatic heterocycles. The van der Waals surface area contributed by atoms with Gasteiger partial charge in [0.25, 0.3) is 0 Å². The third-order valence-electron chi connectivity index (χ3n) is 7.37. The van der Waals surface area contributed by atoms with E-state index in [2.05, 4.69) is 59.6 Å². The van der Waals surface area contributed by atoms with E-state index in [1.54, 1.807) is 0 Å². The summed E-state index contributed by atoms with van der Waals surface area (Å²) in [7, 11) is 4.14.